The van der Waals surface area contributed by atoms with Gasteiger partial charge in [0.25, 0.3) is 5.91 Å². The number of carbonyl (C=O) groups is 3. The number of hydrogen-bond acceptors (Lipinski definition) is 3. The van der Waals surface area contributed by atoms with Crippen LogP contribution in [0.5, 0.6) is 0 Å². The van der Waals surface area contributed by atoms with Crippen LogP contribution in [0.1, 0.15) is 35.6 Å². The van der Waals surface area contributed by atoms with Gasteiger partial charge in [0.15, 0.2) is 0 Å². The van der Waals surface area contributed by atoms with E-state index >= 15 is 0 Å². The molecule has 1 heterocycles. The van der Waals surface area contributed by atoms with Crippen LogP contribution in [0.4, 0.5) is 4.79 Å². The zero-order valence-corrected chi connectivity index (χ0v) is 16.5. The van der Waals surface area contributed by atoms with Crippen molar-refractivity contribution in [2.45, 2.75) is 38.1 Å². The number of carbonyl (C=O) groups excluding carboxylic acids is 3. The predicted octanol–water partition coefficient (Wildman–Crippen LogP) is 2.30. The Bertz CT molecular complexity index is 957. The summed E-state index contributed by atoms with van der Waals surface area (Å²) < 4.78 is 0. The van der Waals surface area contributed by atoms with E-state index in [4.69, 9.17) is 0 Å². The van der Waals surface area contributed by atoms with Gasteiger partial charge in [0.2, 0.25) is 5.91 Å². The Labute approximate surface area is 170 Å². The maximum Gasteiger partial charge on any atom is 0.325 e. The molecule has 0 saturated carbocycles. The zero-order chi connectivity index (χ0) is 20.4. The van der Waals surface area contributed by atoms with Crippen LogP contribution in [0, 0.1) is 0 Å². The van der Waals surface area contributed by atoms with E-state index in [-0.39, 0.29) is 12.5 Å². The van der Waals surface area contributed by atoms with Crippen LogP contribution in [-0.4, -0.2) is 35.8 Å². The summed E-state index contributed by atoms with van der Waals surface area (Å²) in [4.78, 5) is 38.8. The maximum absolute atomic E-state index is 13.0. The summed E-state index contributed by atoms with van der Waals surface area (Å²) in [6, 6.07) is 15.3. The molecular weight excluding hydrogens is 366 g/mol. The van der Waals surface area contributed by atoms with Crippen molar-refractivity contribution >= 4 is 17.8 Å². The minimum atomic E-state index is -1.14. The van der Waals surface area contributed by atoms with Gasteiger partial charge in [0, 0.05) is 6.54 Å². The first-order valence-electron chi connectivity index (χ1n) is 10.0. The van der Waals surface area contributed by atoms with E-state index in [0.29, 0.717) is 13.0 Å². The first-order valence-corrected chi connectivity index (χ1v) is 10.0. The molecule has 1 aliphatic carbocycles. The van der Waals surface area contributed by atoms with Gasteiger partial charge in [-0.3, -0.25) is 14.5 Å². The van der Waals surface area contributed by atoms with Crippen LogP contribution in [0.15, 0.2) is 48.5 Å². The van der Waals surface area contributed by atoms with Crippen molar-refractivity contribution in [1.82, 2.24) is 15.5 Å². The lowest BCUT2D eigenvalue weighted by molar-refractivity contribution is -0.134. The third kappa shape index (κ3) is 3.75. The van der Waals surface area contributed by atoms with Crippen LogP contribution in [0.25, 0.3) is 0 Å². The smallest absolute Gasteiger partial charge is 0.325 e. The predicted molar refractivity (Wildman–Crippen MR) is 109 cm³/mol. The molecule has 1 aliphatic heterocycles. The second kappa shape index (κ2) is 7.70. The number of urea groups is 1. The van der Waals surface area contributed by atoms with Crippen molar-refractivity contribution in [3.05, 3.63) is 70.8 Å². The second-order valence-corrected chi connectivity index (χ2v) is 7.87. The largest absolute Gasteiger partial charge is 0.354 e. The molecule has 0 aromatic heterocycles. The first-order chi connectivity index (χ1) is 14.0. The SMILES string of the molecule is CC1(c2ccc3c(c2)CCC3)NC(=O)N(CC(=O)NCCc2ccccc2)C1=O. The molecule has 1 fully saturated rings. The number of rotatable bonds is 6. The number of hydrogen-bond donors (Lipinski definition) is 2. The number of amides is 4. The number of benzene rings is 2. The Hall–Kier alpha value is -3.15. The monoisotopic (exact) mass is 391 g/mol. The molecule has 2 N–H and O–H groups in total. The number of nitrogens with zero attached hydrogens (tertiary/aromatic N) is 1. The third-order valence-corrected chi connectivity index (χ3v) is 5.83. The van der Waals surface area contributed by atoms with Crippen molar-refractivity contribution < 1.29 is 14.4 Å². The van der Waals surface area contributed by atoms with Gasteiger partial charge in [-0.25, -0.2) is 4.79 Å². The van der Waals surface area contributed by atoms with E-state index in [1.54, 1.807) is 6.92 Å². The van der Waals surface area contributed by atoms with Gasteiger partial charge in [0.05, 0.1) is 0 Å². The van der Waals surface area contributed by atoms with Gasteiger partial charge < -0.3 is 10.6 Å². The zero-order valence-electron chi connectivity index (χ0n) is 16.5. The Kier molecular flexibility index (Phi) is 5.09. The highest BCUT2D eigenvalue weighted by atomic mass is 16.2. The molecule has 6 nitrogen and oxygen atoms in total. The second-order valence-electron chi connectivity index (χ2n) is 7.87. The van der Waals surface area contributed by atoms with Gasteiger partial charge in [-0.1, -0.05) is 48.5 Å². The molecule has 0 spiro atoms. The molecule has 1 unspecified atom stereocenters. The van der Waals surface area contributed by atoms with Crippen molar-refractivity contribution in [3.63, 3.8) is 0 Å². The highest BCUT2D eigenvalue weighted by Gasteiger charge is 2.49. The third-order valence-electron chi connectivity index (χ3n) is 5.83. The molecular formula is C23H25N3O3. The Morgan fingerprint density at radius 1 is 1.10 bits per heavy atom. The Balaban J connectivity index is 1.39. The van der Waals surface area contributed by atoms with Crippen LogP contribution in [0.2, 0.25) is 0 Å². The summed E-state index contributed by atoms with van der Waals surface area (Å²) in [5, 5.41) is 5.57. The van der Waals surface area contributed by atoms with E-state index in [1.807, 2.05) is 48.5 Å². The molecule has 2 aromatic carbocycles. The summed E-state index contributed by atoms with van der Waals surface area (Å²) >= 11 is 0. The van der Waals surface area contributed by atoms with Gasteiger partial charge in [-0.05, 0) is 54.9 Å². The minimum absolute atomic E-state index is 0.278. The van der Waals surface area contributed by atoms with Crippen molar-refractivity contribution in [1.29, 1.82) is 0 Å². The van der Waals surface area contributed by atoms with E-state index < -0.39 is 17.5 Å². The van der Waals surface area contributed by atoms with Gasteiger partial charge in [0.1, 0.15) is 12.1 Å². The average molecular weight is 391 g/mol. The summed E-state index contributed by atoms with van der Waals surface area (Å²) in [6.45, 7) is 1.88. The fourth-order valence-electron chi connectivity index (χ4n) is 4.11. The molecule has 4 amide bonds. The van der Waals surface area contributed by atoms with Crippen LogP contribution in [0.3, 0.4) is 0 Å². The summed E-state index contributed by atoms with van der Waals surface area (Å²) in [7, 11) is 0. The summed E-state index contributed by atoms with van der Waals surface area (Å²) in [5.74, 6) is -0.735. The Morgan fingerprint density at radius 3 is 2.66 bits per heavy atom. The number of nitrogens with one attached hydrogen (secondary N) is 2. The van der Waals surface area contributed by atoms with Gasteiger partial charge >= 0.3 is 6.03 Å². The molecule has 29 heavy (non-hydrogen) atoms. The molecule has 150 valence electrons. The van der Waals surface area contributed by atoms with E-state index in [1.165, 1.54) is 11.1 Å². The maximum atomic E-state index is 13.0. The normalized spacial score (nSPS) is 20.5. The van der Waals surface area contributed by atoms with E-state index in [2.05, 4.69) is 10.6 Å². The lowest BCUT2D eigenvalue weighted by Gasteiger charge is -2.23. The Morgan fingerprint density at radius 2 is 1.86 bits per heavy atom. The molecule has 6 heteroatoms. The molecule has 4 rings (SSSR count). The van der Waals surface area contributed by atoms with Crippen LogP contribution < -0.4 is 10.6 Å². The highest BCUT2D eigenvalue weighted by Crippen LogP contribution is 2.32. The van der Waals surface area contributed by atoms with Crippen molar-refractivity contribution in [3.8, 4) is 0 Å². The van der Waals surface area contributed by atoms with Crippen LogP contribution in [-0.2, 0) is 34.4 Å². The number of fused-ring (bicyclic) bond motifs is 1. The van der Waals surface area contributed by atoms with Crippen LogP contribution >= 0.6 is 0 Å². The van der Waals surface area contributed by atoms with Crippen molar-refractivity contribution in [2.75, 3.05) is 13.1 Å². The van der Waals surface area contributed by atoms with E-state index in [9.17, 15) is 14.4 Å². The van der Waals surface area contributed by atoms with Crippen molar-refractivity contribution in [2.24, 2.45) is 0 Å². The molecule has 1 atom stereocenters. The molecule has 0 bridgehead atoms. The molecule has 1 saturated heterocycles. The topological polar surface area (TPSA) is 78.5 Å². The van der Waals surface area contributed by atoms with E-state index in [0.717, 1.165) is 35.3 Å². The average Bonchev–Trinajstić information content (AvgIpc) is 3.27. The lowest BCUT2D eigenvalue weighted by atomic mass is 9.89. The highest BCUT2D eigenvalue weighted by molar-refractivity contribution is 6.09. The lowest BCUT2D eigenvalue weighted by Crippen LogP contribution is -2.43. The fourth-order valence-corrected chi connectivity index (χ4v) is 4.11. The fraction of sp³-hybridized carbons (Fsp3) is 0.348. The standard InChI is InChI=1S/C23H25N3O3/c1-23(19-11-10-17-8-5-9-18(17)14-19)21(28)26(22(29)25-23)15-20(27)24-13-12-16-6-3-2-4-7-16/h2-4,6-7,10-11,14H,5,8-9,12-13,15H2,1H3,(H,24,27)(H,25,29). The molecule has 2 aromatic rings. The molecule has 2 aliphatic rings. The minimum Gasteiger partial charge on any atom is -0.354 e. The summed E-state index contributed by atoms with van der Waals surface area (Å²) in [5.41, 5.74) is 3.29. The quantitative estimate of drug-likeness (QED) is 0.742. The van der Waals surface area contributed by atoms with Gasteiger partial charge in [-0.2, -0.15) is 0 Å². The number of aryl methyl sites for hydroxylation is 2. The van der Waals surface area contributed by atoms with Gasteiger partial charge in [-0.15, -0.1) is 0 Å². The first kappa shape index (κ1) is 19.2. The number of imide groups is 1. The summed E-state index contributed by atoms with van der Waals surface area (Å²) in [6.07, 6.45) is 3.86. The molecule has 0 radical (unpaired) electrons.